The van der Waals surface area contributed by atoms with Gasteiger partial charge in [-0.25, -0.2) is 5.43 Å². The van der Waals surface area contributed by atoms with Crippen molar-refractivity contribution in [3.05, 3.63) is 68.7 Å². The maximum Gasteiger partial charge on any atom is 0.271 e. The topological polar surface area (TPSA) is 41.5 Å². The van der Waals surface area contributed by atoms with Crippen LogP contribution in [-0.4, -0.2) is 12.1 Å². The van der Waals surface area contributed by atoms with Gasteiger partial charge in [0.25, 0.3) is 5.91 Å². The Bertz CT molecular complexity index is 671. The van der Waals surface area contributed by atoms with Crippen LogP contribution in [0, 0.1) is 0 Å². The second-order valence-corrected chi connectivity index (χ2v) is 5.07. The molecule has 0 aromatic heterocycles. The quantitative estimate of drug-likeness (QED) is 0.658. The van der Waals surface area contributed by atoms with Crippen molar-refractivity contribution in [2.45, 2.75) is 0 Å². The first-order valence-corrected chi connectivity index (χ1v) is 6.74. The van der Waals surface area contributed by atoms with E-state index >= 15 is 0 Å². The number of amides is 1. The van der Waals surface area contributed by atoms with Gasteiger partial charge in [0.15, 0.2) is 0 Å². The first kappa shape index (κ1) is 14.9. The van der Waals surface area contributed by atoms with E-state index < -0.39 is 0 Å². The summed E-state index contributed by atoms with van der Waals surface area (Å²) in [4.78, 5) is 11.8. The Labute approximate surface area is 131 Å². The maximum absolute atomic E-state index is 11.8. The molecular formula is C14H9Cl3N2O. The third kappa shape index (κ3) is 3.73. The van der Waals surface area contributed by atoms with Crippen LogP contribution in [0.25, 0.3) is 0 Å². The van der Waals surface area contributed by atoms with E-state index in [1.165, 1.54) is 12.3 Å². The molecule has 0 unspecified atom stereocenters. The number of halogens is 3. The molecule has 2 rings (SSSR count). The summed E-state index contributed by atoms with van der Waals surface area (Å²) in [6.07, 6.45) is 1.47. The molecule has 0 bridgehead atoms. The number of hydrogen-bond acceptors (Lipinski definition) is 2. The van der Waals surface area contributed by atoms with Crippen LogP contribution < -0.4 is 5.43 Å². The molecule has 0 aliphatic rings. The standard InChI is InChI=1S/C14H9Cl3N2O/c15-11-4-2-1-3-10(11)8-18-19-14(20)9-5-6-12(16)13(17)7-9/h1-8H,(H,19,20). The van der Waals surface area contributed by atoms with E-state index in [1.807, 2.05) is 12.1 Å². The molecule has 3 nitrogen and oxygen atoms in total. The first-order chi connectivity index (χ1) is 9.58. The minimum Gasteiger partial charge on any atom is -0.267 e. The number of benzene rings is 2. The molecule has 2 aromatic carbocycles. The summed E-state index contributed by atoms with van der Waals surface area (Å²) in [5, 5.41) is 5.11. The lowest BCUT2D eigenvalue weighted by molar-refractivity contribution is 0.0955. The molecule has 102 valence electrons. The zero-order valence-electron chi connectivity index (χ0n) is 10.1. The molecule has 0 aliphatic carbocycles. The average Bonchev–Trinajstić information content (AvgIpc) is 2.44. The van der Waals surface area contributed by atoms with Crippen LogP contribution in [0.2, 0.25) is 15.1 Å². The predicted octanol–water partition coefficient (Wildman–Crippen LogP) is 4.41. The number of carbonyl (C=O) groups excluding carboxylic acids is 1. The molecule has 0 aliphatic heterocycles. The Hall–Kier alpha value is -1.55. The Morgan fingerprint density at radius 1 is 1.00 bits per heavy atom. The molecule has 0 radical (unpaired) electrons. The molecule has 20 heavy (non-hydrogen) atoms. The fraction of sp³-hybridized carbons (Fsp3) is 0. The number of hydrazone groups is 1. The Balaban J connectivity index is 2.05. The van der Waals surface area contributed by atoms with Gasteiger partial charge in [-0.1, -0.05) is 53.0 Å². The number of carbonyl (C=O) groups is 1. The first-order valence-electron chi connectivity index (χ1n) is 5.61. The minimum atomic E-state index is -0.383. The van der Waals surface area contributed by atoms with Gasteiger partial charge in [-0.05, 0) is 24.3 Å². The lowest BCUT2D eigenvalue weighted by Crippen LogP contribution is -2.17. The number of hydrogen-bond donors (Lipinski definition) is 1. The van der Waals surface area contributed by atoms with Gasteiger partial charge in [0.05, 0.1) is 16.3 Å². The van der Waals surface area contributed by atoms with Crippen molar-refractivity contribution in [2.75, 3.05) is 0 Å². The van der Waals surface area contributed by atoms with Gasteiger partial charge in [0.1, 0.15) is 0 Å². The lowest BCUT2D eigenvalue weighted by atomic mass is 10.2. The molecule has 0 fully saturated rings. The van der Waals surface area contributed by atoms with E-state index in [4.69, 9.17) is 34.8 Å². The van der Waals surface area contributed by atoms with Crippen LogP contribution in [-0.2, 0) is 0 Å². The van der Waals surface area contributed by atoms with Crippen molar-refractivity contribution < 1.29 is 4.79 Å². The number of nitrogens with zero attached hydrogens (tertiary/aromatic N) is 1. The summed E-state index contributed by atoms with van der Waals surface area (Å²) in [5.41, 5.74) is 3.47. The molecule has 1 amide bonds. The molecule has 1 N–H and O–H groups in total. The number of nitrogens with one attached hydrogen (secondary N) is 1. The molecule has 0 spiro atoms. The van der Waals surface area contributed by atoms with Gasteiger partial charge in [0.2, 0.25) is 0 Å². The lowest BCUT2D eigenvalue weighted by Gasteiger charge is -2.02. The van der Waals surface area contributed by atoms with E-state index in [1.54, 1.807) is 24.3 Å². The summed E-state index contributed by atoms with van der Waals surface area (Å²) in [7, 11) is 0. The molecule has 0 saturated heterocycles. The van der Waals surface area contributed by atoms with Crippen LogP contribution in [0.5, 0.6) is 0 Å². The highest BCUT2D eigenvalue weighted by Gasteiger charge is 2.06. The van der Waals surface area contributed by atoms with Gasteiger partial charge in [-0.15, -0.1) is 0 Å². The normalized spacial score (nSPS) is 10.8. The Morgan fingerprint density at radius 3 is 2.45 bits per heavy atom. The van der Waals surface area contributed by atoms with Crippen LogP contribution in [0.3, 0.4) is 0 Å². The summed E-state index contributed by atoms with van der Waals surface area (Å²) in [6.45, 7) is 0. The zero-order valence-corrected chi connectivity index (χ0v) is 12.4. The highest BCUT2D eigenvalue weighted by atomic mass is 35.5. The van der Waals surface area contributed by atoms with Crippen molar-refractivity contribution in [3.63, 3.8) is 0 Å². The highest BCUT2D eigenvalue weighted by molar-refractivity contribution is 6.42. The molecular weight excluding hydrogens is 319 g/mol. The third-order valence-corrected chi connectivity index (χ3v) is 3.54. The largest absolute Gasteiger partial charge is 0.271 e. The highest BCUT2D eigenvalue weighted by Crippen LogP contribution is 2.22. The van der Waals surface area contributed by atoms with E-state index in [0.29, 0.717) is 26.2 Å². The zero-order chi connectivity index (χ0) is 14.5. The average molecular weight is 328 g/mol. The minimum absolute atomic E-state index is 0.314. The van der Waals surface area contributed by atoms with Crippen molar-refractivity contribution in [1.82, 2.24) is 5.43 Å². The van der Waals surface area contributed by atoms with Crippen molar-refractivity contribution in [1.29, 1.82) is 0 Å². The molecule has 0 atom stereocenters. The van der Waals surface area contributed by atoms with Gasteiger partial charge >= 0.3 is 0 Å². The van der Waals surface area contributed by atoms with Gasteiger partial charge in [0, 0.05) is 16.1 Å². The Kier molecular flexibility index (Phi) is 5.01. The van der Waals surface area contributed by atoms with Crippen molar-refractivity contribution in [3.8, 4) is 0 Å². The summed E-state index contributed by atoms with van der Waals surface area (Å²) < 4.78 is 0. The van der Waals surface area contributed by atoms with E-state index in [-0.39, 0.29) is 5.91 Å². The van der Waals surface area contributed by atoms with E-state index in [9.17, 15) is 4.79 Å². The molecule has 2 aromatic rings. The fourth-order valence-corrected chi connectivity index (χ4v) is 1.92. The van der Waals surface area contributed by atoms with Crippen LogP contribution in [0.1, 0.15) is 15.9 Å². The van der Waals surface area contributed by atoms with Gasteiger partial charge in [-0.2, -0.15) is 5.10 Å². The summed E-state index contributed by atoms with van der Waals surface area (Å²) in [5.74, 6) is -0.383. The maximum atomic E-state index is 11.8. The van der Waals surface area contributed by atoms with Gasteiger partial charge < -0.3 is 0 Å². The van der Waals surface area contributed by atoms with Crippen LogP contribution >= 0.6 is 34.8 Å². The van der Waals surface area contributed by atoms with Crippen LogP contribution in [0.15, 0.2) is 47.6 Å². The second kappa shape index (κ2) is 6.75. The smallest absolute Gasteiger partial charge is 0.267 e. The van der Waals surface area contributed by atoms with E-state index in [2.05, 4.69) is 10.5 Å². The molecule has 0 heterocycles. The van der Waals surface area contributed by atoms with Crippen LogP contribution in [0.4, 0.5) is 0 Å². The molecule has 6 heteroatoms. The predicted molar refractivity (Wildman–Crippen MR) is 83.0 cm³/mol. The summed E-state index contributed by atoms with van der Waals surface area (Å²) >= 11 is 17.6. The van der Waals surface area contributed by atoms with Gasteiger partial charge in [-0.3, -0.25) is 4.79 Å². The molecule has 0 saturated carbocycles. The number of rotatable bonds is 3. The summed E-state index contributed by atoms with van der Waals surface area (Å²) in [6, 6.07) is 11.8. The second-order valence-electron chi connectivity index (χ2n) is 3.85. The van der Waals surface area contributed by atoms with Crippen molar-refractivity contribution in [2.24, 2.45) is 5.10 Å². The fourth-order valence-electron chi connectivity index (χ4n) is 1.44. The Morgan fingerprint density at radius 2 is 1.75 bits per heavy atom. The SMILES string of the molecule is O=C(NN=Cc1ccccc1Cl)c1ccc(Cl)c(Cl)c1. The monoisotopic (exact) mass is 326 g/mol. The van der Waals surface area contributed by atoms with E-state index in [0.717, 1.165) is 0 Å². The third-order valence-electron chi connectivity index (χ3n) is 2.46. The van der Waals surface area contributed by atoms with Crippen molar-refractivity contribution >= 4 is 46.9 Å².